The van der Waals surface area contributed by atoms with Crippen molar-refractivity contribution < 1.29 is 19.5 Å². The van der Waals surface area contributed by atoms with Crippen molar-refractivity contribution in [2.24, 2.45) is 0 Å². The SMILES string of the molecule is CCC(Sc1cccc(NC(=O)CCC(=O)O)c1)C(=O)Nc1nc(C)cs1. The Kier molecular flexibility index (Phi) is 7.81. The van der Waals surface area contributed by atoms with Crippen molar-refractivity contribution in [2.45, 2.75) is 43.3 Å². The van der Waals surface area contributed by atoms with Crippen molar-refractivity contribution in [1.29, 1.82) is 0 Å². The monoisotopic (exact) mass is 407 g/mol. The fourth-order valence-corrected chi connectivity index (χ4v) is 3.88. The summed E-state index contributed by atoms with van der Waals surface area (Å²) in [4.78, 5) is 39.9. The molecule has 0 saturated heterocycles. The molecule has 0 aliphatic heterocycles. The lowest BCUT2D eigenvalue weighted by molar-refractivity contribution is -0.138. The molecule has 0 radical (unpaired) electrons. The summed E-state index contributed by atoms with van der Waals surface area (Å²) in [6.45, 7) is 3.80. The summed E-state index contributed by atoms with van der Waals surface area (Å²) in [6.07, 6.45) is 0.338. The van der Waals surface area contributed by atoms with Crippen LogP contribution in [-0.2, 0) is 14.4 Å². The summed E-state index contributed by atoms with van der Waals surface area (Å²) in [5.41, 5.74) is 1.43. The lowest BCUT2D eigenvalue weighted by Crippen LogP contribution is -2.24. The van der Waals surface area contributed by atoms with Gasteiger partial charge in [-0.3, -0.25) is 14.4 Å². The summed E-state index contributed by atoms with van der Waals surface area (Å²) in [5.74, 6) is -1.49. The van der Waals surface area contributed by atoms with Gasteiger partial charge in [0.05, 0.1) is 17.4 Å². The first kappa shape index (κ1) is 20.9. The zero-order chi connectivity index (χ0) is 19.8. The van der Waals surface area contributed by atoms with Crippen LogP contribution in [0.15, 0.2) is 34.5 Å². The van der Waals surface area contributed by atoms with E-state index in [1.54, 1.807) is 18.2 Å². The average Bonchev–Trinajstić information content (AvgIpc) is 3.03. The van der Waals surface area contributed by atoms with Gasteiger partial charge in [0, 0.05) is 22.4 Å². The van der Waals surface area contributed by atoms with Crippen LogP contribution >= 0.6 is 23.1 Å². The number of carboxylic acid groups (broad SMARTS) is 1. The van der Waals surface area contributed by atoms with E-state index in [4.69, 9.17) is 5.11 Å². The molecule has 1 heterocycles. The van der Waals surface area contributed by atoms with E-state index < -0.39 is 5.97 Å². The maximum atomic E-state index is 12.5. The Labute approximate surface area is 165 Å². The van der Waals surface area contributed by atoms with Gasteiger partial charge < -0.3 is 15.7 Å². The molecule has 1 aromatic carbocycles. The Morgan fingerprint density at radius 1 is 1.26 bits per heavy atom. The number of aromatic nitrogens is 1. The van der Waals surface area contributed by atoms with E-state index in [1.807, 2.05) is 25.3 Å². The maximum absolute atomic E-state index is 12.5. The number of aliphatic carboxylic acids is 1. The van der Waals surface area contributed by atoms with Crippen LogP contribution in [0.1, 0.15) is 31.9 Å². The molecule has 2 amide bonds. The third-order valence-electron chi connectivity index (χ3n) is 3.47. The molecule has 27 heavy (non-hydrogen) atoms. The van der Waals surface area contributed by atoms with E-state index in [0.29, 0.717) is 17.2 Å². The molecule has 0 spiro atoms. The Morgan fingerprint density at radius 2 is 2.04 bits per heavy atom. The van der Waals surface area contributed by atoms with Gasteiger partial charge in [-0.25, -0.2) is 4.98 Å². The number of carbonyl (C=O) groups excluding carboxylic acids is 2. The smallest absolute Gasteiger partial charge is 0.303 e. The van der Waals surface area contributed by atoms with Crippen molar-refractivity contribution >= 4 is 51.7 Å². The molecule has 1 unspecified atom stereocenters. The molecule has 1 atom stereocenters. The van der Waals surface area contributed by atoms with Gasteiger partial charge in [-0.2, -0.15) is 0 Å². The Morgan fingerprint density at radius 3 is 2.67 bits per heavy atom. The average molecular weight is 408 g/mol. The van der Waals surface area contributed by atoms with E-state index in [2.05, 4.69) is 15.6 Å². The van der Waals surface area contributed by atoms with E-state index in [0.717, 1.165) is 10.6 Å². The highest BCUT2D eigenvalue weighted by Gasteiger charge is 2.19. The number of amides is 2. The first-order valence-electron chi connectivity index (χ1n) is 8.38. The quantitative estimate of drug-likeness (QED) is 0.546. The van der Waals surface area contributed by atoms with E-state index >= 15 is 0 Å². The number of hydrogen-bond donors (Lipinski definition) is 3. The van der Waals surface area contributed by atoms with Crippen molar-refractivity contribution in [3.05, 3.63) is 35.3 Å². The van der Waals surface area contributed by atoms with Gasteiger partial charge in [-0.15, -0.1) is 23.1 Å². The van der Waals surface area contributed by atoms with Crippen LogP contribution in [0.3, 0.4) is 0 Å². The van der Waals surface area contributed by atoms with Gasteiger partial charge in [0.25, 0.3) is 0 Å². The summed E-state index contributed by atoms with van der Waals surface area (Å²) >= 11 is 2.79. The highest BCUT2D eigenvalue weighted by molar-refractivity contribution is 8.00. The number of nitrogens with zero attached hydrogens (tertiary/aromatic N) is 1. The number of hydrogen-bond acceptors (Lipinski definition) is 6. The number of carbonyl (C=O) groups is 3. The van der Waals surface area contributed by atoms with Crippen LogP contribution in [0, 0.1) is 6.92 Å². The number of thioether (sulfide) groups is 1. The number of benzene rings is 1. The van der Waals surface area contributed by atoms with Crippen molar-refractivity contribution in [2.75, 3.05) is 10.6 Å². The van der Waals surface area contributed by atoms with Crippen LogP contribution in [0.2, 0.25) is 0 Å². The predicted molar refractivity (Wildman–Crippen MR) is 107 cm³/mol. The Balaban J connectivity index is 1.97. The molecule has 7 nitrogen and oxygen atoms in total. The van der Waals surface area contributed by atoms with Gasteiger partial charge in [-0.1, -0.05) is 13.0 Å². The second kappa shape index (κ2) is 10.1. The van der Waals surface area contributed by atoms with Gasteiger partial charge in [0.1, 0.15) is 0 Å². The summed E-state index contributed by atoms with van der Waals surface area (Å²) in [6, 6.07) is 7.14. The van der Waals surface area contributed by atoms with E-state index in [9.17, 15) is 14.4 Å². The molecule has 0 saturated carbocycles. The zero-order valence-corrected chi connectivity index (χ0v) is 16.7. The fraction of sp³-hybridized carbons (Fsp3) is 0.333. The minimum atomic E-state index is -1.01. The van der Waals surface area contributed by atoms with Gasteiger partial charge in [0.2, 0.25) is 11.8 Å². The summed E-state index contributed by atoms with van der Waals surface area (Å²) < 4.78 is 0. The van der Waals surface area contributed by atoms with Crippen LogP contribution < -0.4 is 10.6 Å². The van der Waals surface area contributed by atoms with Crippen LogP contribution in [0.4, 0.5) is 10.8 Å². The van der Waals surface area contributed by atoms with Crippen LogP contribution in [-0.4, -0.2) is 33.1 Å². The van der Waals surface area contributed by atoms with Gasteiger partial charge in [0.15, 0.2) is 5.13 Å². The molecule has 144 valence electrons. The van der Waals surface area contributed by atoms with E-state index in [1.165, 1.54) is 23.1 Å². The molecule has 0 fully saturated rings. The second-order valence-electron chi connectivity index (χ2n) is 5.77. The minimum absolute atomic E-state index is 0.0834. The number of anilines is 2. The Hall–Kier alpha value is -2.39. The second-order valence-corrected chi connectivity index (χ2v) is 7.90. The first-order chi connectivity index (χ1) is 12.9. The number of aryl methyl sites for hydroxylation is 1. The molecule has 3 N–H and O–H groups in total. The fourth-order valence-electron chi connectivity index (χ4n) is 2.17. The highest BCUT2D eigenvalue weighted by atomic mass is 32.2. The summed E-state index contributed by atoms with van der Waals surface area (Å²) in [5, 5.41) is 16.3. The molecule has 2 aromatic rings. The lowest BCUT2D eigenvalue weighted by Gasteiger charge is -2.14. The van der Waals surface area contributed by atoms with E-state index in [-0.39, 0.29) is 29.9 Å². The molecule has 0 aliphatic carbocycles. The third-order valence-corrected chi connectivity index (χ3v) is 5.71. The zero-order valence-electron chi connectivity index (χ0n) is 15.0. The lowest BCUT2D eigenvalue weighted by atomic mass is 10.2. The molecule has 1 aromatic heterocycles. The standard InChI is InChI=1S/C18H21N3O4S2/c1-3-14(17(25)21-18-19-11(2)10-26-18)27-13-6-4-5-12(9-13)20-15(22)7-8-16(23)24/h4-6,9-10,14H,3,7-8H2,1-2H3,(H,20,22)(H,23,24)(H,19,21,25). The normalized spacial score (nSPS) is 11.6. The number of carboxylic acids is 1. The summed E-state index contributed by atoms with van der Waals surface area (Å²) in [7, 11) is 0. The molecule has 0 aliphatic rings. The molecule has 0 bridgehead atoms. The topological polar surface area (TPSA) is 108 Å². The first-order valence-corrected chi connectivity index (χ1v) is 10.1. The number of rotatable bonds is 9. The number of thiazole rings is 1. The molecule has 2 rings (SSSR count). The van der Waals surface area contributed by atoms with Crippen molar-refractivity contribution in [3.63, 3.8) is 0 Å². The van der Waals surface area contributed by atoms with Crippen molar-refractivity contribution in [3.8, 4) is 0 Å². The number of nitrogens with one attached hydrogen (secondary N) is 2. The van der Waals surface area contributed by atoms with Gasteiger partial charge >= 0.3 is 5.97 Å². The molecular weight excluding hydrogens is 386 g/mol. The third kappa shape index (κ3) is 7.03. The Bertz CT molecular complexity index is 822. The maximum Gasteiger partial charge on any atom is 0.303 e. The van der Waals surface area contributed by atoms with Crippen molar-refractivity contribution in [1.82, 2.24) is 4.98 Å². The molecular formula is C18H21N3O4S2. The van der Waals surface area contributed by atoms with Crippen LogP contribution in [0.25, 0.3) is 0 Å². The van der Waals surface area contributed by atoms with Crippen LogP contribution in [0.5, 0.6) is 0 Å². The minimum Gasteiger partial charge on any atom is -0.481 e. The predicted octanol–water partition coefficient (Wildman–Crippen LogP) is 3.76. The largest absolute Gasteiger partial charge is 0.481 e. The van der Waals surface area contributed by atoms with Gasteiger partial charge in [-0.05, 0) is 31.5 Å². The molecule has 9 heteroatoms. The highest BCUT2D eigenvalue weighted by Crippen LogP contribution is 2.29.